The zero-order valence-corrected chi connectivity index (χ0v) is 11.5. The minimum Gasteiger partial charge on any atom is -0.368 e. The molecule has 1 saturated carbocycles. The van der Waals surface area contributed by atoms with Crippen molar-refractivity contribution < 1.29 is 9.53 Å². The third-order valence-electron chi connectivity index (χ3n) is 3.30. The van der Waals surface area contributed by atoms with E-state index in [9.17, 15) is 4.79 Å². The summed E-state index contributed by atoms with van der Waals surface area (Å²) >= 11 is 5.78. The van der Waals surface area contributed by atoms with Crippen LogP contribution in [0.3, 0.4) is 0 Å². The highest BCUT2D eigenvalue weighted by molar-refractivity contribution is 6.30. The molecule has 3 N–H and O–H groups in total. The zero-order valence-electron chi connectivity index (χ0n) is 10.8. The van der Waals surface area contributed by atoms with Crippen molar-refractivity contribution in [1.29, 1.82) is 0 Å². The van der Waals surface area contributed by atoms with Crippen molar-refractivity contribution in [3.63, 3.8) is 0 Å². The van der Waals surface area contributed by atoms with E-state index in [4.69, 9.17) is 22.1 Å². The average molecular weight is 283 g/mol. The van der Waals surface area contributed by atoms with Crippen LogP contribution in [-0.2, 0) is 9.53 Å². The van der Waals surface area contributed by atoms with Gasteiger partial charge in [0.2, 0.25) is 5.91 Å². The van der Waals surface area contributed by atoms with Crippen LogP contribution in [0.25, 0.3) is 0 Å². The first kappa shape index (κ1) is 14.3. The number of nitrogens with one attached hydrogen (secondary N) is 1. The van der Waals surface area contributed by atoms with Gasteiger partial charge in [-0.05, 0) is 49.9 Å². The lowest BCUT2D eigenvalue weighted by atomic mass is 9.94. The topological polar surface area (TPSA) is 64.3 Å². The van der Waals surface area contributed by atoms with Crippen LogP contribution in [0.15, 0.2) is 24.3 Å². The Bertz CT molecular complexity index is 414. The maximum Gasteiger partial charge on any atom is 0.250 e. The van der Waals surface area contributed by atoms with Gasteiger partial charge in [-0.2, -0.15) is 0 Å². The molecule has 0 bridgehead atoms. The van der Waals surface area contributed by atoms with E-state index in [1.54, 1.807) is 24.3 Å². The summed E-state index contributed by atoms with van der Waals surface area (Å²) in [7, 11) is 0. The Labute approximate surface area is 118 Å². The standard InChI is InChI=1S/C14H19ClN2O2/c15-10-1-5-12(6-2-10)17-14(18)9-19-13-7-3-11(16)4-8-13/h1-2,5-6,11,13H,3-4,7-9,16H2,(H,17,18). The van der Waals surface area contributed by atoms with E-state index in [1.165, 1.54) is 0 Å². The number of ether oxygens (including phenoxy) is 1. The van der Waals surface area contributed by atoms with Gasteiger partial charge in [-0.1, -0.05) is 11.6 Å². The SMILES string of the molecule is NC1CCC(OCC(=O)Nc2ccc(Cl)cc2)CC1. The van der Waals surface area contributed by atoms with E-state index >= 15 is 0 Å². The Balaban J connectivity index is 1.71. The summed E-state index contributed by atoms with van der Waals surface area (Å²) in [5.41, 5.74) is 6.55. The fraction of sp³-hybridized carbons (Fsp3) is 0.500. The van der Waals surface area contributed by atoms with Crippen molar-refractivity contribution in [1.82, 2.24) is 0 Å². The monoisotopic (exact) mass is 282 g/mol. The molecule has 0 spiro atoms. The molecule has 0 atom stereocenters. The summed E-state index contributed by atoms with van der Waals surface area (Å²) in [4.78, 5) is 11.7. The molecule has 4 nitrogen and oxygen atoms in total. The van der Waals surface area contributed by atoms with Crippen LogP contribution in [0, 0.1) is 0 Å². The third-order valence-corrected chi connectivity index (χ3v) is 3.55. The molecule has 0 heterocycles. The normalized spacial score (nSPS) is 23.1. The number of amides is 1. The largest absolute Gasteiger partial charge is 0.368 e. The number of nitrogens with two attached hydrogens (primary N) is 1. The second kappa shape index (κ2) is 6.89. The molecule has 1 aliphatic rings. The molecule has 1 fully saturated rings. The minimum atomic E-state index is -0.141. The number of hydrogen-bond donors (Lipinski definition) is 2. The second-order valence-corrected chi connectivity index (χ2v) is 5.34. The van der Waals surface area contributed by atoms with Crippen molar-refractivity contribution in [3.8, 4) is 0 Å². The van der Waals surface area contributed by atoms with E-state index in [0.717, 1.165) is 31.4 Å². The highest BCUT2D eigenvalue weighted by Gasteiger charge is 2.19. The Hall–Kier alpha value is -1.10. The molecule has 104 valence electrons. The van der Waals surface area contributed by atoms with Gasteiger partial charge in [-0.15, -0.1) is 0 Å². The lowest BCUT2D eigenvalue weighted by Gasteiger charge is -2.25. The summed E-state index contributed by atoms with van der Waals surface area (Å²) in [5.74, 6) is -0.141. The highest BCUT2D eigenvalue weighted by atomic mass is 35.5. The van der Waals surface area contributed by atoms with Crippen molar-refractivity contribution in [2.75, 3.05) is 11.9 Å². The zero-order chi connectivity index (χ0) is 13.7. The summed E-state index contributed by atoms with van der Waals surface area (Å²) < 4.78 is 5.60. The number of anilines is 1. The second-order valence-electron chi connectivity index (χ2n) is 4.90. The molecule has 1 aromatic rings. The lowest BCUT2D eigenvalue weighted by molar-refractivity contribution is -0.123. The van der Waals surface area contributed by atoms with Gasteiger partial charge in [-0.25, -0.2) is 0 Å². The number of halogens is 1. The lowest BCUT2D eigenvalue weighted by Crippen LogP contribution is -2.32. The van der Waals surface area contributed by atoms with Crippen molar-refractivity contribution in [2.45, 2.75) is 37.8 Å². The maximum absolute atomic E-state index is 11.7. The molecule has 5 heteroatoms. The Kier molecular flexibility index (Phi) is 5.19. The number of rotatable bonds is 4. The molecule has 1 aliphatic carbocycles. The van der Waals surface area contributed by atoms with Crippen LogP contribution in [0.5, 0.6) is 0 Å². The highest BCUT2D eigenvalue weighted by Crippen LogP contribution is 2.19. The Morgan fingerprint density at radius 3 is 2.53 bits per heavy atom. The molecule has 19 heavy (non-hydrogen) atoms. The van der Waals surface area contributed by atoms with E-state index in [1.807, 2.05) is 0 Å². The van der Waals surface area contributed by atoms with Gasteiger partial charge >= 0.3 is 0 Å². The molecule has 0 aromatic heterocycles. The molecule has 1 aromatic carbocycles. The van der Waals surface area contributed by atoms with Gasteiger partial charge in [0.1, 0.15) is 6.61 Å². The number of benzene rings is 1. The first-order valence-corrected chi connectivity index (χ1v) is 6.94. The minimum absolute atomic E-state index is 0.0858. The molecule has 1 amide bonds. The number of hydrogen-bond acceptors (Lipinski definition) is 3. The first-order chi connectivity index (χ1) is 9.13. The molecular formula is C14H19ClN2O2. The third kappa shape index (κ3) is 4.82. The smallest absolute Gasteiger partial charge is 0.250 e. The van der Waals surface area contributed by atoms with Gasteiger partial charge in [0.25, 0.3) is 0 Å². The van der Waals surface area contributed by atoms with Crippen molar-refractivity contribution in [2.24, 2.45) is 5.73 Å². The molecule has 0 radical (unpaired) electrons. The van der Waals surface area contributed by atoms with Crippen LogP contribution in [0.1, 0.15) is 25.7 Å². The summed E-state index contributed by atoms with van der Waals surface area (Å²) in [6.07, 6.45) is 3.99. The maximum atomic E-state index is 11.7. The predicted octanol–water partition coefficient (Wildman–Crippen LogP) is 2.57. The van der Waals surface area contributed by atoms with Crippen LogP contribution >= 0.6 is 11.6 Å². The molecule has 0 unspecified atom stereocenters. The Morgan fingerprint density at radius 1 is 1.26 bits per heavy atom. The number of carbonyl (C=O) groups excluding carboxylic acids is 1. The van der Waals surface area contributed by atoms with Crippen LogP contribution in [-0.4, -0.2) is 24.7 Å². The van der Waals surface area contributed by atoms with E-state index in [0.29, 0.717) is 11.1 Å². The Morgan fingerprint density at radius 2 is 1.89 bits per heavy atom. The predicted molar refractivity (Wildman–Crippen MR) is 76.3 cm³/mol. The van der Waals surface area contributed by atoms with Crippen LogP contribution in [0.2, 0.25) is 5.02 Å². The van der Waals surface area contributed by atoms with Crippen molar-refractivity contribution in [3.05, 3.63) is 29.3 Å². The molecular weight excluding hydrogens is 264 g/mol. The van der Waals surface area contributed by atoms with E-state index < -0.39 is 0 Å². The fourth-order valence-corrected chi connectivity index (χ4v) is 2.31. The van der Waals surface area contributed by atoms with Gasteiger partial charge in [0.05, 0.1) is 6.10 Å². The van der Waals surface area contributed by atoms with E-state index in [-0.39, 0.29) is 18.6 Å². The number of carbonyl (C=O) groups is 1. The molecule has 0 aliphatic heterocycles. The van der Waals surface area contributed by atoms with Crippen LogP contribution < -0.4 is 11.1 Å². The fourth-order valence-electron chi connectivity index (χ4n) is 2.18. The van der Waals surface area contributed by atoms with Crippen molar-refractivity contribution >= 4 is 23.2 Å². The summed E-state index contributed by atoms with van der Waals surface area (Å²) in [5, 5.41) is 3.42. The van der Waals surface area contributed by atoms with Gasteiger partial charge in [-0.3, -0.25) is 4.79 Å². The van der Waals surface area contributed by atoms with Gasteiger partial charge in [0, 0.05) is 16.8 Å². The quantitative estimate of drug-likeness (QED) is 0.892. The van der Waals surface area contributed by atoms with Crippen LogP contribution in [0.4, 0.5) is 5.69 Å². The van der Waals surface area contributed by atoms with E-state index in [2.05, 4.69) is 5.32 Å². The molecule has 0 saturated heterocycles. The summed E-state index contributed by atoms with van der Waals surface area (Å²) in [6, 6.07) is 7.30. The summed E-state index contributed by atoms with van der Waals surface area (Å²) in [6.45, 7) is 0.0858. The van der Waals surface area contributed by atoms with Gasteiger partial charge < -0.3 is 15.8 Å². The average Bonchev–Trinajstić information content (AvgIpc) is 2.41. The molecule has 2 rings (SSSR count). The first-order valence-electron chi connectivity index (χ1n) is 6.56. The van der Waals surface area contributed by atoms with Gasteiger partial charge in [0.15, 0.2) is 0 Å².